The minimum absolute atomic E-state index is 0.336. The lowest BCUT2D eigenvalue weighted by atomic mass is 10.1. The van der Waals surface area contributed by atoms with E-state index in [0.29, 0.717) is 12.1 Å². The highest BCUT2D eigenvalue weighted by Gasteiger charge is 2.19. The van der Waals surface area contributed by atoms with Crippen molar-refractivity contribution in [2.75, 3.05) is 33.3 Å². The van der Waals surface area contributed by atoms with Crippen LogP contribution in [-0.4, -0.2) is 44.3 Å². The first-order chi connectivity index (χ1) is 8.29. The molecule has 17 heavy (non-hydrogen) atoms. The molecule has 0 spiro atoms. The number of thiophene rings is 1. The van der Waals surface area contributed by atoms with E-state index in [-0.39, 0.29) is 0 Å². The Hall–Kier alpha value is -0.420. The molecular formula is C13H22N2OS. The number of morpholine rings is 1. The molecule has 1 saturated heterocycles. The van der Waals surface area contributed by atoms with E-state index in [1.54, 1.807) is 0 Å². The Morgan fingerprint density at radius 1 is 1.65 bits per heavy atom. The molecule has 1 aromatic rings. The van der Waals surface area contributed by atoms with Crippen LogP contribution >= 0.6 is 11.3 Å². The van der Waals surface area contributed by atoms with Crippen molar-refractivity contribution in [3.8, 4) is 0 Å². The van der Waals surface area contributed by atoms with Crippen LogP contribution in [0.4, 0.5) is 0 Å². The van der Waals surface area contributed by atoms with Gasteiger partial charge in [-0.15, -0.1) is 11.3 Å². The third-order valence-electron chi connectivity index (χ3n) is 3.23. The fourth-order valence-corrected chi connectivity index (χ4v) is 3.09. The quantitative estimate of drug-likeness (QED) is 0.871. The van der Waals surface area contributed by atoms with Crippen molar-refractivity contribution in [1.82, 2.24) is 10.2 Å². The summed E-state index contributed by atoms with van der Waals surface area (Å²) in [5, 5.41) is 5.76. The van der Waals surface area contributed by atoms with Gasteiger partial charge in [0.15, 0.2) is 0 Å². The molecule has 96 valence electrons. The van der Waals surface area contributed by atoms with Crippen LogP contribution in [0.2, 0.25) is 0 Å². The molecule has 0 amide bonds. The smallest absolute Gasteiger partial charge is 0.0826 e. The third-order valence-corrected chi connectivity index (χ3v) is 4.21. The van der Waals surface area contributed by atoms with Crippen molar-refractivity contribution in [1.29, 1.82) is 0 Å². The normalized spacial score (nSPS) is 23.8. The summed E-state index contributed by atoms with van der Waals surface area (Å²) in [6, 6.07) is 4.81. The van der Waals surface area contributed by atoms with Gasteiger partial charge < -0.3 is 15.0 Å². The van der Waals surface area contributed by atoms with Gasteiger partial charge in [-0.3, -0.25) is 0 Å². The van der Waals surface area contributed by atoms with Crippen LogP contribution in [0.15, 0.2) is 17.5 Å². The van der Waals surface area contributed by atoms with Gasteiger partial charge in [0.05, 0.1) is 12.7 Å². The number of hydrogen-bond acceptors (Lipinski definition) is 4. The van der Waals surface area contributed by atoms with E-state index >= 15 is 0 Å². The minimum atomic E-state index is 0.336. The third kappa shape index (κ3) is 3.78. The standard InChI is InChI=1S/C13H22N2OS/c1-3-12(13-5-4-8-17-13)14-9-11-10-15(2)6-7-16-11/h4-5,8,11-12,14H,3,6-7,9-10H2,1-2H3. The molecule has 2 heterocycles. The molecule has 1 N–H and O–H groups in total. The minimum Gasteiger partial charge on any atom is -0.374 e. The van der Waals surface area contributed by atoms with Crippen molar-refractivity contribution in [3.05, 3.63) is 22.4 Å². The first kappa shape index (κ1) is 13.0. The van der Waals surface area contributed by atoms with Crippen molar-refractivity contribution >= 4 is 11.3 Å². The molecule has 4 heteroatoms. The zero-order valence-corrected chi connectivity index (χ0v) is 11.5. The van der Waals surface area contributed by atoms with Gasteiger partial charge in [-0.1, -0.05) is 13.0 Å². The highest BCUT2D eigenvalue weighted by atomic mass is 32.1. The predicted molar refractivity (Wildman–Crippen MR) is 72.6 cm³/mol. The number of ether oxygens (including phenoxy) is 1. The second-order valence-electron chi connectivity index (χ2n) is 4.64. The molecular weight excluding hydrogens is 232 g/mol. The topological polar surface area (TPSA) is 24.5 Å². The van der Waals surface area contributed by atoms with Crippen LogP contribution in [0.25, 0.3) is 0 Å². The van der Waals surface area contributed by atoms with Crippen LogP contribution in [0.1, 0.15) is 24.3 Å². The molecule has 1 fully saturated rings. The Morgan fingerprint density at radius 3 is 3.18 bits per heavy atom. The first-order valence-electron chi connectivity index (χ1n) is 6.36. The van der Waals surface area contributed by atoms with Crippen molar-refractivity contribution in [2.24, 2.45) is 0 Å². The number of rotatable bonds is 5. The van der Waals surface area contributed by atoms with Crippen LogP contribution in [0, 0.1) is 0 Å². The van der Waals surface area contributed by atoms with Crippen LogP contribution in [0.5, 0.6) is 0 Å². The Morgan fingerprint density at radius 2 is 2.53 bits per heavy atom. The zero-order chi connectivity index (χ0) is 12.1. The number of nitrogens with zero attached hydrogens (tertiary/aromatic N) is 1. The average Bonchev–Trinajstić information content (AvgIpc) is 2.84. The lowest BCUT2D eigenvalue weighted by Crippen LogP contribution is -2.45. The maximum Gasteiger partial charge on any atom is 0.0826 e. The lowest BCUT2D eigenvalue weighted by Gasteiger charge is -2.31. The van der Waals surface area contributed by atoms with Crippen LogP contribution in [-0.2, 0) is 4.74 Å². The largest absolute Gasteiger partial charge is 0.374 e. The fraction of sp³-hybridized carbons (Fsp3) is 0.692. The van der Waals surface area contributed by atoms with E-state index in [2.05, 4.69) is 41.7 Å². The van der Waals surface area contributed by atoms with Gasteiger partial charge in [0, 0.05) is 30.6 Å². The first-order valence-corrected chi connectivity index (χ1v) is 7.24. The van der Waals surface area contributed by atoms with Gasteiger partial charge in [0.25, 0.3) is 0 Å². The molecule has 1 aliphatic heterocycles. The van der Waals surface area contributed by atoms with Crippen molar-refractivity contribution < 1.29 is 4.74 Å². The Labute approximate surface area is 108 Å². The molecule has 0 aliphatic carbocycles. The summed E-state index contributed by atoms with van der Waals surface area (Å²) in [7, 11) is 2.16. The SMILES string of the molecule is CCC(NCC1CN(C)CCO1)c1cccs1. The van der Waals surface area contributed by atoms with E-state index in [4.69, 9.17) is 4.74 Å². The summed E-state index contributed by atoms with van der Waals surface area (Å²) in [5.41, 5.74) is 0. The molecule has 0 aromatic carbocycles. The maximum absolute atomic E-state index is 5.76. The summed E-state index contributed by atoms with van der Waals surface area (Å²) in [6.45, 7) is 6.12. The van der Waals surface area contributed by atoms with E-state index in [1.165, 1.54) is 4.88 Å². The second-order valence-corrected chi connectivity index (χ2v) is 5.62. The van der Waals surface area contributed by atoms with E-state index in [0.717, 1.165) is 32.7 Å². The Kier molecular flexibility index (Phi) is 4.98. The average molecular weight is 254 g/mol. The number of hydrogen-bond donors (Lipinski definition) is 1. The summed E-state index contributed by atoms with van der Waals surface area (Å²) in [6.07, 6.45) is 1.46. The zero-order valence-electron chi connectivity index (χ0n) is 10.7. The summed E-state index contributed by atoms with van der Waals surface area (Å²) in [4.78, 5) is 3.76. The van der Waals surface area contributed by atoms with E-state index in [9.17, 15) is 0 Å². The molecule has 0 saturated carbocycles. The van der Waals surface area contributed by atoms with Crippen LogP contribution < -0.4 is 5.32 Å². The molecule has 1 aromatic heterocycles. The molecule has 2 rings (SSSR count). The Bertz CT molecular complexity index is 315. The molecule has 1 aliphatic rings. The van der Waals surface area contributed by atoms with Crippen LogP contribution in [0.3, 0.4) is 0 Å². The molecule has 0 radical (unpaired) electrons. The van der Waals surface area contributed by atoms with Crippen molar-refractivity contribution in [2.45, 2.75) is 25.5 Å². The summed E-state index contributed by atoms with van der Waals surface area (Å²) < 4.78 is 5.76. The molecule has 0 bridgehead atoms. The lowest BCUT2D eigenvalue weighted by molar-refractivity contribution is -0.0193. The highest BCUT2D eigenvalue weighted by Crippen LogP contribution is 2.21. The number of likely N-dealkylation sites (N-methyl/N-ethyl adjacent to an activating group) is 1. The number of nitrogens with one attached hydrogen (secondary N) is 1. The summed E-state index contributed by atoms with van der Waals surface area (Å²) in [5.74, 6) is 0. The molecule has 2 unspecified atom stereocenters. The van der Waals surface area contributed by atoms with Gasteiger partial charge in [-0.2, -0.15) is 0 Å². The van der Waals surface area contributed by atoms with Gasteiger partial charge >= 0.3 is 0 Å². The summed E-state index contributed by atoms with van der Waals surface area (Å²) >= 11 is 1.83. The van der Waals surface area contributed by atoms with Crippen molar-refractivity contribution in [3.63, 3.8) is 0 Å². The van der Waals surface area contributed by atoms with E-state index < -0.39 is 0 Å². The maximum atomic E-state index is 5.76. The fourth-order valence-electron chi connectivity index (χ4n) is 2.20. The molecule has 2 atom stereocenters. The predicted octanol–water partition coefficient (Wildman–Crippen LogP) is 2.12. The Balaban J connectivity index is 1.80. The van der Waals surface area contributed by atoms with Gasteiger partial charge in [0.2, 0.25) is 0 Å². The second kappa shape index (κ2) is 6.50. The van der Waals surface area contributed by atoms with Gasteiger partial charge in [-0.05, 0) is 24.9 Å². The van der Waals surface area contributed by atoms with Gasteiger partial charge in [0.1, 0.15) is 0 Å². The molecule has 3 nitrogen and oxygen atoms in total. The van der Waals surface area contributed by atoms with Gasteiger partial charge in [-0.25, -0.2) is 0 Å². The monoisotopic (exact) mass is 254 g/mol. The van der Waals surface area contributed by atoms with E-state index in [1.807, 2.05) is 11.3 Å². The highest BCUT2D eigenvalue weighted by molar-refractivity contribution is 7.10.